The van der Waals surface area contributed by atoms with E-state index in [4.69, 9.17) is 9.47 Å². The highest BCUT2D eigenvalue weighted by Gasteiger charge is 2.12. The molecule has 0 aromatic heterocycles. The predicted molar refractivity (Wildman–Crippen MR) is 115 cm³/mol. The molecule has 0 aliphatic heterocycles. The number of amides is 1. The Kier molecular flexibility index (Phi) is 6.29. The Balaban J connectivity index is 1.86. The van der Waals surface area contributed by atoms with Gasteiger partial charge in [0.15, 0.2) is 11.5 Å². The molecule has 0 atom stereocenters. The molecule has 1 amide bonds. The zero-order chi connectivity index (χ0) is 20.6. The molecule has 0 radical (unpaired) electrons. The summed E-state index contributed by atoms with van der Waals surface area (Å²) in [6.07, 6.45) is 3.15. The Labute approximate surface area is 169 Å². The predicted octanol–water partition coefficient (Wildman–Crippen LogP) is 4.96. The van der Waals surface area contributed by atoms with E-state index < -0.39 is 5.91 Å². The Morgan fingerprint density at radius 1 is 1.14 bits per heavy atom. The normalized spacial score (nSPS) is 10.8. The van der Waals surface area contributed by atoms with Crippen LogP contribution in [0, 0.1) is 11.3 Å². The van der Waals surface area contributed by atoms with E-state index in [9.17, 15) is 10.1 Å². The fraction of sp³-hybridized carbons (Fsp3) is 0.0833. The van der Waals surface area contributed by atoms with Crippen LogP contribution in [0.2, 0.25) is 0 Å². The van der Waals surface area contributed by atoms with Gasteiger partial charge in [0.2, 0.25) is 0 Å². The third-order valence-corrected chi connectivity index (χ3v) is 4.26. The standard InChI is InChI=1S/C24H20N2O3/c1-3-13-29-22-12-11-17(15-23(22)28-2)14-19(16-25)24(27)26-21-10-6-8-18-7-4-5-9-20(18)21/h3-12,14-15H,1,13H2,2H3,(H,26,27)/b19-14+. The number of fused-ring (bicyclic) bond motifs is 1. The summed E-state index contributed by atoms with van der Waals surface area (Å²) in [5.74, 6) is 0.588. The first kappa shape index (κ1) is 19.7. The molecular formula is C24H20N2O3. The fourth-order valence-electron chi connectivity index (χ4n) is 2.88. The minimum absolute atomic E-state index is 0.0141. The number of methoxy groups -OCH3 is 1. The molecule has 0 saturated carbocycles. The van der Waals surface area contributed by atoms with Crippen LogP contribution >= 0.6 is 0 Å². The minimum atomic E-state index is -0.477. The highest BCUT2D eigenvalue weighted by atomic mass is 16.5. The molecule has 5 heteroatoms. The zero-order valence-corrected chi connectivity index (χ0v) is 16.0. The van der Waals surface area contributed by atoms with E-state index in [2.05, 4.69) is 11.9 Å². The van der Waals surface area contributed by atoms with Gasteiger partial charge < -0.3 is 14.8 Å². The van der Waals surface area contributed by atoms with E-state index in [1.165, 1.54) is 13.2 Å². The summed E-state index contributed by atoms with van der Waals surface area (Å²) in [6, 6.07) is 20.5. The van der Waals surface area contributed by atoms with Crippen LogP contribution < -0.4 is 14.8 Å². The molecule has 144 valence electrons. The lowest BCUT2D eigenvalue weighted by molar-refractivity contribution is -0.112. The van der Waals surface area contributed by atoms with Crippen LogP contribution in [0.25, 0.3) is 16.8 Å². The summed E-state index contributed by atoms with van der Waals surface area (Å²) < 4.78 is 10.9. The fourth-order valence-corrected chi connectivity index (χ4v) is 2.88. The molecule has 0 unspecified atom stereocenters. The summed E-state index contributed by atoms with van der Waals surface area (Å²) in [4.78, 5) is 12.7. The van der Waals surface area contributed by atoms with Crippen LogP contribution in [0.1, 0.15) is 5.56 Å². The summed E-state index contributed by atoms with van der Waals surface area (Å²) >= 11 is 0. The van der Waals surface area contributed by atoms with Crippen LogP contribution in [0.5, 0.6) is 11.5 Å². The van der Waals surface area contributed by atoms with Gasteiger partial charge >= 0.3 is 0 Å². The lowest BCUT2D eigenvalue weighted by Gasteiger charge is -2.10. The molecule has 0 aliphatic rings. The number of benzene rings is 3. The molecule has 5 nitrogen and oxygen atoms in total. The second-order valence-corrected chi connectivity index (χ2v) is 6.16. The summed E-state index contributed by atoms with van der Waals surface area (Å²) in [6.45, 7) is 3.97. The number of nitrogens with zero attached hydrogens (tertiary/aromatic N) is 1. The first-order chi connectivity index (χ1) is 14.2. The van der Waals surface area contributed by atoms with Crippen molar-refractivity contribution >= 4 is 28.4 Å². The molecule has 3 aromatic rings. The van der Waals surface area contributed by atoms with Crippen molar-refractivity contribution in [2.45, 2.75) is 0 Å². The van der Waals surface area contributed by atoms with Gasteiger partial charge in [-0.25, -0.2) is 0 Å². The number of ether oxygens (including phenoxy) is 2. The van der Waals surface area contributed by atoms with Crippen molar-refractivity contribution in [3.8, 4) is 17.6 Å². The molecule has 3 aromatic carbocycles. The number of anilines is 1. The molecule has 0 aliphatic carbocycles. The summed E-state index contributed by atoms with van der Waals surface area (Å²) in [5, 5.41) is 14.2. The van der Waals surface area contributed by atoms with Crippen molar-refractivity contribution in [3.63, 3.8) is 0 Å². The number of rotatable bonds is 7. The molecule has 1 N–H and O–H groups in total. The second-order valence-electron chi connectivity index (χ2n) is 6.16. The van der Waals surface area contributed by atoms with E-state index in [0.717, 1.165) is 10.8 Å². The van der Waals surface area contributed by atoms with Crippen LogP contribution in [0.3, 0.4) is 0 Å². The summed E-state index contributed by atoms with van der Waals surface area (Å²) in [7, 11) is 1.53. The number of carbonyl (C=O) groups excluding carboxylic acids is 1. The average Bonchev–Trinajstić information content (AvgIpc) is 2.76. The maximum Gasteiger partial charge on any atom is 0.266 e. The Morgan fingerprint density at radius 3 is 2.69 bits per heavy atom. The Hall–Kier alpha value is -4.04. The minimum Gasteiger partial charge on any atom is -0.493 e. The third-order valence-electron chi connectivity index (χ3n) is 4.26. The first-order valence-electron chi connectivity index (χ1n) is 8.99. The third kappa shape index (κ3) is 4.63. The van der Waals surface area contributed by atoms with Crippen molar-refractivity contribution < 1.29 is 14.3 Å². The lowest BCUT2D eigenvalue weighted by atomic mass is 10.1. The van der Waals surface area contributed by atoms with E-state index in [0.29, 0.717) is 29.4 Å². The molecule has 0 bridgehead atoms. The lowest BCUT2D eigenvalue weighted by Crippen LogP contribution is -2.13. The van der Waals surface area contributed by atoms with Crippen molar-refractivity contribution in [2.75, 3.05) is 19.0 Å². The van der Waals surface area contributed by atoms with Crippen molar-refractivity contribution in [1.29, 1.82) is 5.26 Å². The van der Waals surface area contributed by atoms with Gasteiger partial charge in [0, 0.05) is 11.1 Å². The number of hydrogen-bond acceptors (Lipinski definition) is 4. The van der Waals surface area contributed by atoms with Crippen LogP contribution in [-0.2, 0) is 4.79 Å². The highest BCUT2D eigenvalue weighted by Crippen LogP contribution is 2.29. The molecule has 3 rings (SSSR count). The largest absolute Gasteiger partial charge is 0.493 e. The van der Waals surface area contributed by atoms with Gasteiger partial charge in [-0.3, -0.25) is 4.79 Å². The Morgan fingerprint density at radius 2 is 1.93 bits per heavy atom. The molecule has 29 heavy (non-hydrogen) atoms. The van der Waals surface area contributed by atoms with E-state index in [1.54, 1.807) is 24.3 Å². The van der Waals surface area contributed by atoms with Gasteiger partial charge in [-0.15, -0.1) is 0 Å². The monoisotopic (exact) mass is 384 g/mol. The van der Waals surface area contributed by atoms with Gasteiger partial charge in [0.25, 0.3) is 5.91 Å². The maximum atomic E-state index is 12.7. The average molecular weight is 384 g/mol. The van der Waals surface area contributed by atoms with Crippen molar-refractivity contribution in [2.24, 2.45) is 0 Å². The molecule has 0 saturated heterocycles. The smallest absolute Gasteiger partial charge is 0.266 e. The zero-order valence-electron chi connectivity index (χ0n) is 16.0. The van der Waals surface area contributed by atoms with Crippen molar-refractivity contribution in [1.82, 2.24) is 0 Å². The van der Waals surface area contributed by atoms with Gasteiger partial charge in [-0.2, -0.15) is 5.26 Å². The number of nitriles is 1. The molecule has 0 heterocycles. The van der Waals surface area contributed by atoms with E-state index >= 15 is 0 Å². The second kappa shape index (κ2) is 9.25. The topological polar surface area (TPSA) is 71.3 Å². The SMILES string of the molecule is C=CCOc1ccc(/C=C(\C#N)C(=O)Nc2cccc3ccccc23)cc1OC. The van der Waals surface area contributed by atoms with Crippen LogP contribution in [0.15, 0.2) is 78.9 Å². The number of carbonyl (C=O) groups is 1. The maximum absolute atomic E-state index is 12.7. The first-order valence-corrected chi connectivity index (χ1v) is 8.99. The van der Waals surface area contributed by atoms with Gasteiger partial charge in [-0.05, 0) is 35.2 Å². The highest BCUT2D eigenvalue weighted by molar-refractivity contribution is 6.12. The molecular weight excluding hydrogens is 364 g/mol. The number of hydrogen-bond donors (Lipinski definition) is 1. The van der Waals surface area contributed by atoms with Gasteiger partial charge in [0.05, 0.1) is 7.11 Å². The molecule has 0 fully saturated rings. The molecule has 0 spiro atoms. The van der Waals surface area contributed by atoms with Crippen LogP contribution in [-0.4, -0.2) is 19.6 Å². The van der Waals surface area contributed by atoms with Crippen LogP contribution in [0.4, 0.5) is 5.69 Å². The number of nitrogens with one attached hydrogen (secondary N) is 1. The van der Waals surface area contributed by atoms with E-state index in [-0.39, 0.29) is 5.57 Å². The Bertz CT molecular complexity index is 1120. The summed E-state index contributed by atoms with van der Waals surface area (Å²) in [5.41, 5.74) is 1.29. The van der Waals surface area contributed by atoms with Crippen molar-refractivity contribution in [3.05, 3.63) is 84.5 Å². The van der Waals surface area contributed by atoms with E-state index in [1.807, 2.05) is 48.5 Å². The van der Waals surface area contributed by atoms with Gasteiger partial charge in [0.1, 0.15) is 18.2 Å². The van der Waals surface area contributed by atoms with Gasteiger partial charge in [-0.1, -0.05) is 55.1 Å². The quantitative estimate of drug-likeness (QED) is 0.355.